The number of carbonyl (C=O) groups is 2. The highest BCUT2D eigenvalue weighted by Crippen LogP contribution is 2.39. The Labute approximate surface area is 165 Å². The van der Waals surface area contributed by atoms with Gasteiger partial charge in [0, 0.05) is 24.5 Å². The molecule has 28 heavy (non-hydrogen) atoms. The van der Waals surface area contributed by atoms with Crippen molar-refractivity contribution in [3.63, 3.8) is 0 Å². The largest absolute Gasteiger partial charge is 0.507 e. The number of ketones is 1. The molecule has 6 nitrogen and oxygen atoms in total. The third-order valence-corrected chi connectivity index (χ3v) is 4.89. The fourth-order valence-corrected chi connectivity index (χ4v) is 3.43. The van der Waals surface area contributed by atoms with Crippen LogP contribution in [0.1, 0.15) is 29.2 Å². The van der Waals surface area contributed by atoms with Gasteiger partial charge in [0.2, 0.25) is 0 Å². The van der Waals surface area contributed by atoms with E-state index in [0.29, 0.717) is 12.1 Å². The molecule has 3 rings (SSSR count). The van der Waals surface area contributed by atoms with E-state index in [1.165, 1.54) is 0 Å². The molecule has 1 N–H and O–H groups in total. The highest BCUT2D eigenvalue weighted by molar-refractivity contribution is 6.46. The predicted octanol–water partition coefficient (Wildman–Crippen LogP) is 2.76. The Balaban J connectivity index is 2.06. The number of carbonyl (C=O) groups excluding carboxylic acids is 2. The maximum Gasteiger partial charge on any atom is 0.295 e. The Kier molecular flexibility index (Phi) is 5.90. The number of amides is 1. The number of hydrogen-bond donors (Lipinski definition) is 1. The van der Waals surface area contributed by atoms with Crippen molar-refractivity contribution in [1.29, 1.82) is 0 Å². The van der Waals surface area contributed by atoms with E-state index < -0.39 is 17.7 Å². The standard InChI is InChI=1S/C22H25N3O3/c1-15-5-7-17(8-6-15)20(26)18-19(16-9-11-23-12-10-16)25(22(28)21(18)27)14-4-13-24(2)3/h5-12,19,26H,4,13-14H2,1-3H3/t19-/m1/s1. The lowest BCUT2D eigenvalue weighted by molar-refractivity contribution is -0.139. The van der Waals surface area contributed by atoms with Crippen molar-refractivity contribution in [3.8, 4) is 0 Å². The molecule has 2 aromatic rings. The molecule has 1 aliphatic heterocycles. The van der Waals surface area contributed by atoms with Crippen molar-refractivity contribution >= 4 is 17.4 Å². The first-order valence-corrected chi connectivity index (χ1v) is 9.30. The number of hydrogen-bond acceptors (Lipinski definition) is 5. The highest BCUT2D eigenvalue weighted by Gasteiger charge is 2.45. The van der Waals surface area contributed by atoms with Crippen LogP contribution in [0, 0.1) is 6.92 Å². The minimum Gasteiger partial charge on any atom is -0.507 e. The summed E-state index contributed by atoms with van der Waals surface area (Å²) >= 11 is 0. The number of aromatic nitrogens is 1. The van der Waals surface area contributed by atoms with Gasteiger partial charge in [-0.3, -0.25) is 14.6 Å². The molecular weight excluding hydrogens is 354 g/mol. The second-order valence-corrected chi connectivity index (χ2v) is 7.30. The highest BCUT2D eigenvalue weighted by atomic mass is 16.3. The average Bonchev–Trinajstić information content (AvgIpc) is 2.93. The van der Waals surface area contributed by atoms with Crippen molar-refractivity contribution in [3.05, 3.63) is 71.1 Å². The van der Waals surface area contributed by atoms with E-state index in [2.05, 4.69) is 4.98 Å². The molecule has 0 spiro atoms. The van der Waals surface area contributed by atoms with Gasteiger partial charge in [-0.15, -0.1) is 0 Å². The number of aliphatic hydroxyl groups excluding tert-OH is 1. The van der Waals surface area contributed by atoms with Gasteiger partial charge in [0.15, 0.2) is 0 Å². The minimum atomic E-state index is -0.648. The molecule has 2 heterocycles. The molecule has 0 bridgehead atoms. The summed E-state index contributed by atoms with van der Waals surface area (Å²) in [7, 11) is 3.93. The van der Waals surface area contributed by atoms with Crippen LogP contribution in [0.25, 0.3) is 5.76 Å². The molecule has 0 saturated carbocycles. The zero-order chi connectivity index (χ0) is 20.3. The number of aryl methyl sites for hydroxylation is 1. The van der Waals surface area contributed by atoms with Gasteiger partial charge in [-0.2, -0.15) is 0 Å². The van der Waals surface area contributed by atoms with Crippen LogP contribution in [0.3, 0.4) is 0 Å². The Morgan fingerprint density at radius 3 is 2.36 bits per heavy atom. The first-order valence-electron chi connectivity index (χ1n) is 9.30. The van der Waals surface area contributed by atoms with Gasteiger partial charge in [-0.05, 0) is 51.7 Å². The van der Waals surface area contributed by atoms with E-state index in [1.54, 1.807) is 41.6 Å². The van der Waals surface area contributed by atoms with E-state index in [-0.39, 0.29) is 11.3 Å². The molecule has 0 unspecified atom stereocenters. The van der Waals surface area contributed by atoms with Gasteiger partial charge in [-0.25, -0.2) is 0 Å². The Bertz CT molecular complexity index is 889. The third kappa shape index (κ3) is 3.97. The molecule has 146 valence electrons. The van der Waals surface area contributed by atoms with Gasteiger partial charge < -0.3 is 14.9 Å². The summed E-state index contributed by atoms with van der Waals surface area (Å²) in [6.07, 6.45) is 3.98. The summed E-state index contributed by atoms with van der Waals surface area (Å²) in [5, 5.41) is 10.9. The molecule has 1 aromatic carbocycles. The fourth-order valence-electron chi connectivity index (χ4n) is 3.43. The minimum absolute atomic E-state index is 0.130. The van der Waals surface area contributed by atoms with Crippen molar-refractivity contribution in [2.75, 3.05) is 27.2 Å². The predicted molar refractivity (Wildman–Crippen MR) is 108 cm³/mol. The molecule has 0 aliphatic carbocycles. The zero-order valence-corrected chi connectivity index (χ0v) is 16.4. The fraction of sp³-hybridized carbons (Fsp3) is 0.318. The molecule has 1 aromatic heterocycles. The van der Waals surface area contributed by atoms with Crippen molar-refractivity contribution in [2.24, 2.45) is 0 Å². The summed E-state index contributed by atoms with van der Waals surface area (Å²) in [6, 6.07) is 10.2. The van der Waals surface area contributed by atoms with E-state index in [4.69, 9.17) is 0 Å². The molecule has 1 saturated heterocycles. The summed E-state index contributed by atoms with van der Waals surface area (Å²) in [5.41, 5.74) is 2.46. The van der Waals surface area contributed by atoms with Crippen molar-refractivity contribution in [2.45, 2.75) is 19.4 Å². The smallest absolute Gasteiger partial charge is 0.295 e. The maximum atomic E-state index is 12.8. The monoisotopic (exact) mass is 379 g/mol. The van der Waals surface area contributed by atoms with E-state index in [0.717, 1.165) is 24.1 Å². The lowest BCUT2D eigenvalue weighted by Gasteiger charge is -2.25. The Morgan fingerprint density at radius 1 is 1.11 bits per heavy atom. The van der Waals surface area contributed by atoms with Gasteiger partial charge in [0.25, 0.3) is 11.7 Å². The molecular formula is C22H25N3O3. The lowest BCUT2D eigenvalue weighted by Crippen LogP contribution is -2.32. The van der Waals surface area contributed by atoms with Gasteiger partial charge >= 0.3 is 0 Å². The van der Waals surface area contributed by atoms with Crippen LogP contribution in [0.15, 0.2) is 54.4 Å². The summed E-state index contributed by atoms with van der Waals surface area (Å²) < 4.78 is 0. The van der Waals surface area contributed by atoms with Crippen LogP contribution in [-0.4, -0.2) is 58.8 Å². The number of Topliss-reactive ketones (excluding diaryl/α,β-unsaturated/α-hetero) is 1. The summed E-state index contributed by atoms with van der Waals surface area (Å²) in [4.78, 5) is 33.2. The van der Waals surface area contributed by atoms with Crippen LogP contribution >= 0.6 is 0 Å². The van der Waals surface area contributed by atoms with Gasteiger partial charge in [0.1, 0.15) is 5.76 Å². The maximum absolute atomic E-state index is 12.8. The first kappa shape index (κ1) is 19.8. The van der Waals surface area contributed by atoms with E-state index in [9.17, 15) is 14.7 Å². The van der Waals surface area contributed by atoms with Crippen molar-refractivity contribution in [1.82, 2.24) is 14.8 Å². The number of pyridine rings is 1. The molecule has 6 heteroatoms. The third-order valence-electron chi connectivity index (χ3n) is 4.89. The Morgan fingerprint density at radius 2 is 1.75 bits per heavy atom. The van der Waals surface area contributed by atoms with Crippen molar-refractivity contribution < 1.29 is 14.7 Å². The lowest BCUT2D eigenvalue weighted by atomic mass is 9.95. The quantitative estimate of drug-likeness (QED) is 0.475. The topological polar surface area (TPSA) is 73.7 Å². The van der Waals surface area contributed by atoms with Gasteiger partial charge in [-0.1, -0.05) is 29.8 Å². The second-order valence-electron chi connectivity index (χ2n) is 7.30. The number of likely N-dealkylation sites (tertiary alicyclic amines) is 1. The van der Waals surface area contributed by atoms with Crippen LogP contribution in [0.5, 0.6) is 0 Å². The number of benzene rings is 1. The average molecular weight is 379 g/mol. The SMILES string of the molecule is Cc1ccc(C(O)=C2C(=O)C(=O)N(CCCN(C)C)[C@@H]2c2ccncc2)cc1. The Hall–Kier alpha value is -2.99. The van der Waals surface area contributed by atoms with Gasteiger partial charge in [0.05, 0.1) is 11.6 Å². The number of aliphatic hydroxyl groups is 1. The van der Waals surface area contributed by atoms with Crippen LogP contribution in [-0.2, 0) is 9.59 Å². The number of rotatable bonds is 6. The van der Waals surface area contributed by atoms with E-state index in [1.807, 2.05) is 38.1 Å². The first-order chi connectivity index (χ1) is 13.4. The van der Waals surface area contributed by atoms with Crippen LogP contribution in [0.2, 0.25) is 0 Å². The summed E-state index contributed by atoms with van der Waals surface area (Å²) in [5.74, 6) is -1.37. The molecule has 1 amide bonds. The second kappa shape index (κ2) is 8.35. The van der Waals surface area contributed by atoms with Crippen LogP contribution < -0.4 is 0 Å². The summed E-state index contributed by atoms with van der Waals surface area (Å²) in [6.45, 7) is 3.18. The molecule has 1 atom stereocenters. The van der Waals surface area contributed by atoms with E-state index >= 15 is 0 Å². The normalized spacial score (nSPS) is 18.9. The molecule has 1 aliphatic rings. The molecule has 1 fully saturated rings. The zero-order valence-electron chi connectivity index (χ0n) is 16.4. The number of nitrogens with zero attached hydrogens (tertiary/aromatic N) is 3. The van der Waals surface area contributed by atoms with Crippen LogP contribution in [0.4, 0.5) is 0 Å². The molecule has 0 radical (unpaired) electrons.